The first-order valence-corrected chi connectivity index (χ1v) is 11.5. The van der Waals surface area contributed by atoms with Crippen molar-refractivity contribution in [2.75, 3.05) is 26.2 Å². The number of nitrogens with zero attached hydrogens (tertiary/aromatic N) is 1. The first-order valence-electron chi connectivity index (χ1n) is 11.1. The minimum Gasteiger partial charge on any atom is -0.352 e. The Balaban J connectivity index is 1.72. The maximum Gasteiger partial charge on any atom is 0.262 e. The average Bonchev–Trinajstić information content (AvgIpc) is 2.76. The summed E-state index contributed by atoms with van der Waals surface area (Å²) in [6.07, 6.45) is 8.02. The lowest BCUT2D eigenvalue weighted by Gasteiger charge is -2.16. The van der Waals surface area contributed by atoms with Crippen molar-refractivity contribution >= 4 is 29.0 Å². The third kappa shape index (κ3) is 5.46. The zero-order valence-electron chi connectivity index (χ0n) is 18.1. The van der Waals surface area contributed by atoms with Gasteiger partial charge in [-0.1, -0.05) is 11.6 Å². The van der Waals surface area contributed by atoms with E-state index in [1.54, 1.807) is 22.8 Å². The minimum atomic E-state index is -0.123. The van der Waals surface area contributed by atoms with Crippen LogP contribution in [-0.4, -0.2) is 41.6 Å². The van der Waals surface area contributed by atoms with Gasteiger partial charge in [-0.25, -0.2) is 0 Å². The maximum atomic E-state index is 12.9. The van der Waals surface area contributed by atoms with Gasteiger partial charge < -0.3 is 15.2 Å². The van der Waals surface area contributed by atoms with Crippen LogP contribution in [-0.2, 0) is 6.54 Å². The Morgan fingerprint density at radius 2 is 2.07 bits per heavy atom. The highest BCUT2D eigenvalue weighted by molar-refractivity contribution is 7.71. The van der Waals surface area contributed by atoms with Crippen molar-refractivity contribution in [3.63, 3.8) is 0 Å². The lowest BCUT2D eigenvalue weighted by molar-refractivity contribution is -0.897. The summed E-state index contributed by atoms with van der Waals surface area (Å²) in [6.45, 7) is 8.39. The van der Waals surface area contributed by atoms with Crippen LogP contribution in [0.2, 0.25) is 0 Å². The monoisotopic (exact) mass is 429 g/mol. The Bertz CT molecular complexity index is 1030. The molecule has 1 aromatic carbocycles. The van der Waals surface area contributed by atoms with Crippen molar-refractivity contribution in [1.29, 1.82) is 0 Å². The molecular formula is C23H33N4O2S+. The maximum absolute atomic E-state index is 12.9. The predicted octanol–water partition coefficient (Wildman–Crippen LogP) is 2.60. The van der Waals surface area contributed by atoms with Gasteiger partial charge in [0.2, 0.25) is 0 Å². The summed E-state index contributed by atoms with van der Waals surface area (Å²) in [5, 5.41) is 3.55. The van der Waals surface area contributed by atoms with Gasteiger partial charge in [0.25, 0.3) is 11.5 Å². The fourth-order valence-corrected chi connectivity index (χ4v) is 4.33. The standard InChI is InChI=1S/C23H32N4O2S/c1-3-26(4-2)14-15-27-22(29)19-11-10-18(16-20(19)25-23(27)30)21(28)24-13-12-17-8-6-5-7-9-17/h8,10-11,16H,3-7,9,12-15H2,1-2H3,(H,24,28)(H,25,30)/p+1. The first-order chi connectivity index (χ1) is 14.5. The Hall–Kier alpha value is -2.25. The van der Waals surface area contributed by atoms with Crippen molar-refractivity contribution in [3.05, 3.63) is 50.5 Å². The van der Waals surface area contributed by atoms with Gasteiger partial charge in [0.15, 0.2) is 4.77 Å². The summed E-state index contributed by atoms with van der Waals surface area (Å²) in [7, 11) is 0. The molecule has 7 heteroatoms. The molecule has 0 unspecified atom stereocenters. The third-order valence-electron chi connectivity index (χ3n) is 6.05. The van der Waals surface area contributed by atoms with Gasteiger partial charge in [0.05, 0.1) is 37.1 Å². The average molecular weight is 430 g/mol. The molecule has 0 aliphatic heterocycles. The molecular weight excluding hydrogens is 396 g/mol. The van der Waals surface area contributed by atoms with E-state index in [1.807, 2.05) is 0 Å². The minimum absolute atomic E-state index is 0.100. The van der Waals surface area contributed by atoms with E-state index >= 15 is 0 Å². The van der Waals surface area contributed by atoms with Crippen molar-refractivity contribution in [1.82, 2.24) is 14.9 Å². The van der Waals surface area contributed by atoms with E-state index in [4.69, 9.17) is 12.2 Å². The molecule has 1 aliphatic carbocycles. The van der Waals surface area contributed by atoms with E-state index < -0.39 is 0 Å². The number of allylic oxidation sites excluding steroid dienone is 1. The highest BCUT2D eigenvalue weighted by atomic mass is 32.1. The molecule has 1 aliphatic rings. The number of aromatic nitrogens is 2. The van der Waals surface area contributed by atoms with E-state index in [1.165, 1.54) is 23.3 Å². The fourth-order valence-electron chi connectivity index (χ4n) is 4.04. The number of hydrogen-bond acceptors (Lipinski definition) is 3. The van der Waals surface area contributed by atoms with Crippen molar-refractivity contribution in [2.24, 2.45) is 0 Å². The molecule has 30 heavy (non-hydrogen) atoms. The van der Waals surface area contributed by atoms with Gasteiger partial charge in [0, 0.05) is 12.1 Å². The van der Waals surface area contributed by atoms with Gasteiger partial charge in [-0.05, 0) is 76.4 Å². The number of amides is 1. The Morgan fingerprint density at radius 1 is 1.27 bits per heavy atom. The quantitative estimate of drug-likeness (QED) is 0.424. The largest absolute Gasteiger partial charge is 0.352 e. The highest BCUT2D eigenvalue weighted by Gasteiger charge is 2.12. The number of quaternary nitrogens is 1. The van der Waals surface area contributed by atoms with Crippen LogP contribution in [0, 0.1) is 4.77 Å². The Labute approximate surface area is 183 Å². The molecule has 3 rings (SSSR count). The molecule has 3 N–H and O–H groups in total. The number of likely N-dealkylation sites (N-methyl/N-ethyl adjacent to an activating group) is 1. The second kappa shape index (κ2) is 10.7. The van der Waals surface area contributed by atoms with Crippen LogP contribution in [0.15, 0.2) is 34.6 Å². The predicted molar refractivity (Wildman–Crippen MR) is 124 cm³/mol. The number of aromatic amines is 1. The first kappa shape index (κ1) is 22.4. The number of benzene rings is 1. The number of hydrogen-bond donors (Lipinski definition) is 3. The van der Waals surface area contributed by atoms with Crippen LogP contribution in [0.4, 0.5) is 0 Å². The van der Waals surface area contributed by atoms with E-state index in [0.29, 0.717) is 34.3 Å². The number of carbonyl (C=O) groups is 1. The topological polar surface area (TPSA) is 71.3 Å². The zero-order valence-corrected chi connectivity index (χ0v) is 18.9. The summed E-state index contributed by atoms with van der Waals surface area (Å²) in [4.78, 5) is 30.0. The molecule has 0 fully saturated rings. The van der Waals surface area contributed by atoms with E-state index in [0.717, 1.165) is 38.9 Å². The number of rotatable bonds is 9. The van der Waals surface area contributed by atoms with Gasteiger partial charge in [-0.3, -0.25) is 14.2 Å². The molecule has 0 saturated heterocycles. The van der Waals surface area contributed by atoms with E-state index in [-0.39, 0.29) is 11.5 Å². The molecule has 0 spiro atoms. The fraction of sp³-hybridized carbons (Fsp3) is 0.522. The van der Waals surface area contributed by atoms with E-state index in [9.17, 15) is 9.59 Å². The SMILES string of the molecule is CC[NH+](CC)CCn1c(=S)[nH]c2cc(C(=O)NCCC3=CCCCC3)ccc2c1=O. The second-order valence-corrected chi connectivity index (χ2v) is 8.36. The summed E-state index contributed by atoms with van der Waals surface area (Å²) in [5.74, 6) is -0.123. The van der Waals surface area contributed by atoms with Crippen LogP contribution >= 0.6 is 12.2 Å². The summed E-state index contributed by atoms with van der Waals surface area (Å²) >= 11 is 5.43. The summed E-state index contributed by atoms with van der Waals surface area (Å²) in [5.41, 5.74) is 2.49. The van der Waals surface area contributed by atoms with Crippen LogP contribution in [0.5, 0.6) is 0 Å². The number of nitrogens with one attached hydrogen (secondary N) is 3. The molecule has 6 nitrogen and oxygen atoms in total. The zero-order chi connectivity index (χ0) is 21.5. The van der Waals surface area contributed by atoms with Gasteiger partial charge >= 0.3 is 0 Å². The molecule has 1 amide bonds. The lowest BCUT2D eigenvalue weighted by atomic mass is 9.97. The van der Waals surface area contributed by atoms with Crippen molar-refractivity contribution < 1.29 is 9.69 Å². The normalized spacial score (nSPS) is 14.2. The second-order valence-electron chi connectivity index (χ2n) is 7.97. The number of fused-ring (bicyclic) bond motifs is 1. The molecule has 0 saturated carbocycles. The molecule has 0 radical (unpaired) electrons. The molecule has 0 bridgehead atoms. The van der Waals surface area contributed by atoms with Crippen LogP contribution < -0.4 is 15.8 Å². The molecule has 1 heterocycles. The number of carbonyl (C=O) groups excluding carboxylic acids is 1. The Kier molecular flexibility index (Phi) is 7.99. The molecule has 162 valence electrons. The Morgan fingerprint density at radius 3 is 2.77 bits per heavy atom. The van der Waals surface area contributed by atoms with Gasteiger partial charge in [-0.2, -0.15) is 0 Å². The molecule has 2 aromatic rings. The van der Waals surface area contributed by atoms with Crippen LogP contribution in [0.25, 0.3) is 10.9 Å². The summed E-state index contributed by atoms with van der Waals surface area (Å²) < 4.78 is 2.03. The van der Waals surface area contributed by atoms with Crippen molar-refractivity contribution in [2.45, 2.75) is 52.5 Å². The lowest BCUT2D eigenvalue weighted by Crippen LogP contribution is -3.11. The van der Waals surface area contributed by atoms with Crippen LogP contribution in [0.1, 0.15) is 56.3 Å². The van der Waals surface area contributed by atoms with Crippen LogP contribution in [0.3, 0.4) is 0 Å². The van der Waals surface area contributed by atoms with E-state index in [2.05, 4.69) is 30.2 Å². The highest BCUT2D eigenvalue weighted by Crippen LogP contribution is 2.19. The number of H-pyrrole nitrogens is 1. The summed E-state index contributed by atoms with van der Waals surface area (Å²) in [6, 6.07) is 5.17. The van der Waals surface area contributed by atoms with Gasteiger partial charge in [0.1, 0.15) is 0 Å². The molecule has 0 atom stereocenters. The van der Waals surface area contributed by atoms with Gasteiger partial charge in [-0.15, -0.1) is 0 Å². The molecule has 1 aromatic heterocycles. The third-order valence-corrected chi connectivity index (χ3v) is 6.37. The smallest absolute Gasteiger partial charge is 0.262 e. The van der Waals surface area contributed by atoms with Crippen molar-refractivity contribution in [3.8, 4) is 0 Å².